The number of anilines is 1. The molecule has 0 saturated heterocycles. The Labute approximate surface area is 116 Å². The minimum Gasteiger partial charge on any atom is -0.397 e. The van der Waals surface area contributed by atoms with E-state index in [9.17, 15) is 13.2 Å². The van der Waals surface area contributed by atoms with Crippen LogP contribution >= 0.6 is 0 Å². The Kier molecular flexibility index (Phi) is 3.05. The molecule has 21 heavy (non-hydrogen) atoms. The molecule has 3 rings (SSSR count). The minimum atomic E-state index is -1.55. The van der Waals surface area contributed by atoms with E-state index in [1.54, 1.807) is 12.1 Å². The highest BCUT2D eigenvalue weighted by atomic mass is 19.2. The predicted molar refractivity (Wildman–Crippen MR) is 67.3 cm³/mol. The molecule has 0 aliphatic carbocycles. The molecule has 106 valence electrons. The van der Waals surface area contributed by atoms with Crippen LogP contribution in [-0.2, 0) is 0 Å². The van der Waals surface area contributed by atoms with Crippen LogP contribution in [0.1, 0.15) is 0 Å². The van der Waals surface area contributed by atoms with Gasteiger partial charge in [-0.15, -0.1) is 0 Å². The predicted octanol–water partition coefficient (Wildman–Crippen LogP) is 2.80. The maximum atomic E-state index is 13.2. The second-order valence-corrected chi connectivity index (χ2v) is 4.15. The smallest absolute Gasteiger partial charge is 0.276 e. The quantitative estimate of drug-likeness (QED) is 0.735. The summed E-state index contributed by atoms with van der Waals surface area (Å²) in [7, 11) is 0. The van der Waals surface area contributed by atoms with Gasteiger partial charge in [-0.1, -0.05) is 5.16 Å². The van der Waals surface area contributed by atoms with Crippen LogP contribution < -0.4 is 5.73 Å². The maximum Gasteiger partial charge on any atom is 0.276 e. The van der Waals surface area contributed by atoms with E-state index in [2.05, 4.69) is 15.1 Å². The molecule has 0 spiro atoms. The van der Waals surface area contributed by atoms with Crippen molar-refractivity contribution in [1.29, 1.82) is 0 Å². The Morgan fingerprint density at radius 3 is 2.38 bits per heavy atom. The van der Waals surface area contributed by atoms with Crippen molar-refractivity contribution in [1.82, 2.24) is 15.1 Å². The summed E-state index contributed by atoms with van der Waals surface area (Å²) in [6.07, 6.45) is 1.40. The summed E-state index contributed by atoms with van der Waals surface area (Å²) >= 11 is 0. The van der Waals surface area contributed by atoms with Gasteiger partial charge < -0.3 is 10.3 Å². The average molecular weight is 292 g/mol. The molecule has 0 amide bonds. The van der Waals surface area contributed by atoms with Crippen LogP contribution in [0.5, 0.6) is 0 Å². The van der Waals surface area contributed by atoms with E-state index >= 15 is 0 Å². The van der Waals surface area contributed by atoms with Crippen molar-refractivity contribution in [2.24, 2.45) is 0 Å². The van der Waals surface area contributed by atoms with Crippen LogP contribution in [0.15, 0.2) is 35.0 Å². The number of benzene rings is 1. The van der Waals surface area contributed by atoms with Crippen LogP contribution in [0.3, 0.4) is 0 Å². The summed E-state index contributed by atoms with van der Waals surface area (Å²) < 4.78 is 44.2. The summed E-state index contributed by atoms with van der Waals surface area (Å²) in [6, 6.07) is 4.70. The van der Waals surface area contributed by atoms with Crippen molar-refractivity contribution in [3.8, 4) is 23.0 Å². The van der Waals surface area contributed by atoms with Crippen molar-refractivity contribution >= 4 is 5.69 Å². The molecule has 8 heteroatoms. The van der Waals surface area contributed by atoms with E-state index in [1.165, 1.54) is 6.20 Å². The van der Waals surface area contributed by atoms with Gasteiger partial charge in [-0.3, -0.25) is 0 Å². The monoisotopic (exact) mass is 292 g/mol. The molecular weight excluding hydrogens is 285 g/mol. The normalized spacial score (nSPS) is 10.8. The third kappa shape index (κ3) is 2.42. The van der Waals surface area contributed by atoms with Crippen molar-refractivity contribution in [3.63, 3.8) is 0 Å². The largest absolute Gasteiger partial charge is 0.397 e. The van der Waals surface area contributed by atoms with Gasteiger partial charge >= 0.3 is 0 Å². The number of nitrogen functional groups attached to an aromatic ring is 1. The molecule has 0 bridgehead atoms. The fourth-order valence-electron chi connectivity index (χ4n) is 1.66. The van der Waals surface area contributed by atoms with Crippen molar-refractivity contribution in [3.05, 3.63) is 47.9 Å². The summed E-state index contributed by atoms with van der Waals surface area (Å²) in [6.45, 7) is 0. The lowest BCUT2D eigenvalue weighted by atomic mass is 10.2. The molecule has 5 nitrogen and oxygen atoms in total. The highest BCUT2D eigenvalue weighted by Crippen LogP contribution is 2.24. The van der Waals surface area contributed by atoms with E-state index in [4.69, 9.17) is 10.3 Å². The molecule has 0 radical (unpaired) electrons. The summed E-state index contributed by atoms with van der Waals surface area (Å²) in [4.78, 5) is 7.93. The standard InChI is InChI=1S/C13H7F3N4O/c14-8-3-6(4-9(15)11(8)16)12-19-13(21-20-12)10-2-1-7(17)5-18-10/h1-5H,17H2. The fraction of sp³-hybridized carbons (Fsp3) is 0. The first-order valence-electron chi connectivity index (χ1n) is 5.75. The van der Waals surface area contributed by atoms with E-state index in [-0.39, 0.29) is 17.3 Å². The summed E-state index contributed by atoms with van der Waals surface area (Å²) in [5.74, 6) is -4.25. The van der Waals surface area contributed by atoms with Crippen LogP contribution in [0.2, 0.25) is 0 Å². The van der Waals surface area contributed by atoms with Crippen LogP contribution in [0.4, 0.5) is 18.9 Å². The van der Waals surface area contributed by atoms with Crippen molar-refractivity contribution in [2.45, 2.75) is 0 Å². The topological polar surface area (TPSA) is 77.8 Å². The zero-order valence-corrected chi connectivity index (χ0v) is 10.3. The number of aromatic nitrogens is 3. The van der Waals surface area contributed by atoms with Crippen molar-refractivity contribution < 1.29 is 17.7 Å². The second-order valence-electron chi connectivity index (χ2n) is 4.15. The van der Waals surface area contributed by atoms with Gasteiger partial charge in [0, 0.05) is 5.56 Å². The van der Waals surface area contributed by atoms with Crippen LogP contribution in [-0.4, -0.2) is 15.1 Å². The Morgan fingerprint density at radius 1 is 1.05 bits per heavy atom. The number of nitrogens with two attached hydrogens (primary N) is 1. The van der Waals surface area contributed by atoms with Gasteiger partial charge in [-0.25, -0.2) is 18.2 Å². The molecular formula is C13H7F3N4O. The van der Waals surface area contributed by atoms with E-state index in [1.807, 2.05) is 0 Å². The minimum absolute atomic E-state index is 0.0446. The van der Waals surface area contributed by atoms with Gasteiger partial charge in [0.05, 0.1) is 11.9 Å². The molecule has 0 atom stereocenters. The number of rotatable bonds is 2. The molecule has 0 fully saturated rings. The lowest BCUT2D eigenvalue weighted by Gasteiger charge is -1.98. The molecule has 0 unspecified atom stereocenters. The van der Waals surface area contributed by atoms with Gasteiger partial charge in [0.1, 0.15) is 5.69 Å². The number of halogens is 3. The Balaban J connectivity index is 2.00. The Hall–Kier alpha value is -2.90. The Bertz CT molecular complexity index is 778. The SMILES string of the molecule is Nc1ccc(-c2nc(-c3cc(F)c(F)c(F)c3)no2)nc1. The third-order valence-corrected chi connectivity index (χ3v) is 2.67. The zero-order chi connectivity index (χ0) is 15.0. The summed E-state index contributed by atoms with van der Waals surface area (Å²) in [5, 5.41) is 3.58. The molecule has 0 aliphatic heterocycles. The lowest BCUT2D eigenvalue weighted by Crippen LogP contribution is -1.93. The van der Waals surface area contributed by atoms with Gasteiger partial charge in [-0.2, -0.15) is 4.98 Å². The third-order valence-electron chi connectivity index (χ3n) is 2.67. The molecule has 2 N–H and O–H groups in total. The molecule has 1 aromatic carbocycles. The average Bonchev–Trinajstić information content (AvgIpc) is 2.95. The van der Waals surface area contributed by atoms with E-state index in [0.29, 0.717) is 11.4 Å². The Morgan fingerprint density at radius 2 is 1.76 bits per heavy atom. The van der Waals surface area contributed by atoms with Crippen LogP contribution in [0.25, 0.3) is 23.0 Å². The number of nitrogens with zero attached hydrogens (tertiary/aromatic N) is 3. The molecule has 3 aromatic rings. The second kappa shape index (κ2) is 4.89. The van der Waals surface area contributed by atoms with Crippen LogP contribution in [0, 0.1) is 17.5 Å². The first kappa shape index (κ1) is 13.1. The zero-order valence-electron chi connectivity index (χ0n) is 10.3. The first-order valence-corrected chi connectivity index (χ1v) is 5.75. The van der Waals surface area contributed by atoms with Gasteiger partial charge in [0.25, 0.3) is 5.89 Å². The highest BCUT2D eigenvalue weighted by Gasteiger charge is 2.16. The number of pyridine rings is 1. The molecule has 2 heterocycles. The highest BCUT2D eigenvalue weighted by molar-refractivity contribution is 5.58. The molecule has 0 saturated carbocycles. The van der Waals surface area contributed by atoms with Gasteiger partial charge in [0.15, 0.2) is 17.5 Å². The fourth-order valence-corrected chi connectivity index (χ4v) is 1.66. The first-order chi connectivity index (χ1) is 10.0. The van der Waals surface area contributed by atoms with Gasteiger partial charge in [0.2, 0.25) is 5.82 Å². The maximum absolute atomic E-state index is 13.2. The van der Waals surface area contributed by atoms with E-state index in [0.717, 1.165) is 12.1 Å². The van der Waals surface area contributed by atoms with E-state index < -0.39 is 17.5 Å². The molecule has 0 aliphatic rings. The number of hydrogen-bond acceptors (Lipinski definition) is 5. The van der Waals surface area contributed by atoms with Crippen molar-refractivity contribution in [2.75, 3.05) is 5.73 Å². The lowest BCUT2D eigenvalue weighted by molar-refractivity contribution is 0.430. The number of hydrogen-bond donors (Lipinski definition) is 1. The molecule has 2 aromatic heterocycles. The summed E-state index contributed by atoms with van der Waals surface area (Å²) in [5.41, 5.74) is 6.27. The van der Waals surface area contributed by atoms with Gasteiger partial charge in [-0.05, 0) is 24.3 Å².